The second-order valence-corrected chi connectivity index (χ2v) is 22.4. The van der Waals surface area contributed by atoms with Crippen LogP contribution in [0, 0.1) is 27.7 Å². The van der Waals surface area contributed by atoms with Gasteiger partial charge in [-0.3, -0.25) is 0 Å². The van der Waals surface area contributed by atoms with Crippen LogP contribution in [0.25, 0.3) is 39.7 Å². The minimum absolute atomic E-state index is 0.489. The fourth-order valence-electron chi connectivity index (χ4n) is 9.46. The lowest BCUT2D eigenvalue weighted by atomic mass is 9.65. The maximum atomic E-state index is 3.90. The molecule has 0 radical (unpaired) electrons. The molecular weight excluding hydrogens is 865 g/mol. The molecule has 54 heavy (non-hydrogen) atoms. The molecule has 11 rings (SSSR count). The van der Waals surface area contributed by atoms with Crippen LogP contribution in [0.15, 0.2) is 129 Å². The van der Waals surface area contributed by atoms with Crippen LogP contribution in [0.4, 0.5) is 0 Å². The molecule has 6 heteroatoms. The number of benzene rings is 5. The summed E-state index contributed by atoms with van der Waals surface area (Å²) in [5.41, 5.74) is 17.7. The van der Waals surface area contributed by atoms with Crippen molar-refractivity contribution in [3.63, 3.8) is 0 Å². The molecule has 0 saturated heterocycles. The van der Waals surface area contributed by atoms with Crippen molar-refractivity contribution < 1.29 is 0 Å². The van der Waals surface area contributed by atoms with Gasteiger partial charge in [-0.05, 0) is 139 Å². The SMILES string of the molecule is Cc1ccc(C2(c3ccc(C)cc3)c3cc4c(cc3-c3sc5sc(Br)cc5c32)C(c2ccc(C)cc2)(c2ccc(C)cc2)c2c-4sc3sc(Br)cc23)cc1. The Bertz CT molecular complexity index is 2670. The van der Waals surface area contributed by atoms with E-state index in [1.165, 1.54) is 114 Å². The number of rotatable bonds is 4. The molecular formula is C48H32Br2S4. The zero-order chi connectivity index (χ0) is 36.7. The third kappa shape index (κ3) is 4.44. The Morgan fingerprint density at radius 1 is 0.389 bits per heavy atom. The van der Waals surface area contributed by atoms with E-state index in [1.807, 2.05) is 45.3 Å². The Morgan fingerprint density at radius 3 is 0.981 bits per heavy atom. The Hall–Kier alpha value is -3.62. The summed E-state index contributed by atoms with van der Waals surface area (Å²) in [5, 5.41) is 2.71. The van der Waals surface area contributed by atoms with E-state index < -0.39 is 10.8 Å². The Balaban J connectivity index is 1.34. The van der Waals surface area contributed by atoms with Gasteiger partial charge in [-0.15, -0.1) is 45.3 Å². The molecule has 0 spiro atoms. The average Bonchev–Trinajstić information content (AvgIpc) is 3.98. The van der Waals surface area contributed by atoms with Gasteiger partial charge in [0, 0.05) is 20.5 Å². The van der Waals surface area contributed by atoms with E-state index in [0.717, 1.165) is 0 Å². The smallest absolute Gasteiger partial charge is 0.0887 e. The van der Waals surface area contributed by atoms with E-state index >= 15 is 0 Å². The van der Waals surface area contributed by atoms with Gasteiger partial charge in [0.05, 0.1) is 26.4 Å². The number of thiophene rings is 4. The van der Waals surface area contributed by atoms with Crippen molar-refractivity contribution in [1.29, 1.82) is 0 Å². The normalized spacial score (nSPS) is 14.8. The van der Waals surface area contributed by atoms with Crippen molar-refractivity contribution in [2.45, 2.75) is 38.5 Å². The number of hydrogen-bond acceptors (Lipinski definition) is 4. The molecule has 0 N–H and O–H groups in total. The fourth-order valence-corrected chi connectivity index (χ4v) is 16.4. The lowest BCUT2D eigenvalue weighted by molar-refractivity contribution is 0.765. The summed E-state index contributed by atoms with van der Waals surface area (Å²) in [6.07, 6.45) is 0. The zero-order valence-corrected chi connectivity index (χ0v) is 36.4. The predicted molar refractivity (Wildman–Crippen MR) is 242 cm³/mol. The van der Waals surface area contributed by atoms with Crippen molar-refractivity contribution in [3.05, 3.63) is 196 Å². The zero-order valence-electron chi connectivity index (χ0n) is 29.9. The standard InChI is InChI=1S/C48H32Br2S4/c1-25-5-13-29(14-6-25)47(30-15-7-26(2)8-16-30)37-21-34-38(22-33(37)43-41(47)35-23-39(49)51-45(35)53-43)48(31-17-9-27(3)10-18-31,32-19-11-28(4)12-20-32)42-36-24-40(50)52-46(36)54-44(34)42/h5-24H,1-4H3. The molecule has 2 aliphatic rings. The van der Waals surface area contributed by atoms with E-state index in [2.05, 4.69) is 181 Å². The monoisotopic (exact) mass is 894 g/mol. The maximum Gasteiger partial charge on any atom is 0.0887 e. The number of fused-ring (bicyclic) bond motifs is 10. The van der Waals surface area contributed by atoms with Gasteiger partial charge in [0.1, 0.15) is 0 Å². The first-order valence-electron chi connectivity index (χ1n) is 18.1. The van der Waals surface area contributed by atoms with Crippen LogP contribution in [-0.4, -0.2) is 0 Å². The highest BCUT2D eigenvalue weighted by Gasteiger charge is 2.54. The van der Waals surface area contributed by atoms with E-state index in [9.17, 15) is 0 Å². The van der Waals surface area contributed by atoms with Crippen molar-refractivity contribution in [3.8, 4) is 20.9 Å². The third-order valence-electron chi connectivity index (χ3n) is 11.9. The molecule has 0 bridgehead atoms. The van der Waals surface area contributed by atoms with Crippen LogP contribution < -0.4 is 0 Å². The molecule has 4 heterocycles. The summed E-state index contributed by atoms with van der Waals surface area (Å²) < 4.78 is 5.10. The molecule has 0 atom stereocenters. The highest BCUT2D eigenvalue weighted by atomic mass is 79.9. The third-order valence-corrected chi connectivity index (χ3v) is 17.8. The van der Waals surface area contributed by atoms with Gasteiger partial charge in [0.2, 0.25) is 0 Å². The van der Waals surface area contributed by atoms with Crippen LogP contribution in [-0.2, 0) is 10.8 Å². The van der Waals surface area contributed by atoms with Gasteiger partial charge in [-0.25, -0.2) is 0 Å². The van der Waals surface area contributed by atoms with E-state index in [0.29, 0.717) is 0 Å². The first-order valence-corrected chi connectivity index (χ1v) is 23.0. The Morgan fingerprint density at radius 2 is 0.685 bits per heavy atom. The van der Waals surface area contributed by atoms with Crippen LogP contribution in [0.1, 0.15) is 66.8 Å². The highest BCUT2D eigenvalue weighted by Crippen LogP contribution is 2.67. The largest absolute Gasteiger partial charge is 0.124 e. The van der Waals surface area contributed by atoms with Crippen LogP contribution >= 0.6 is 77.2 Å². The van der Waals surface area contributed by atoms with Crippen LogP contribution in [0.3, 0.4) is 0 Å². The number of hydrogen-bond donors (Lipinski definition) is 0. The summed E-state index contributed by atoms with van der Waals surface area (Å²) >= 11 is 15.4. The Labute approximate surface area is 348 Å². The van der Waals surface area contributed by atoms with Gasteiger partial charge in [-0.2, -0.15) is 0 Å². The quantitative estimate of drug-likeness (QED) is 0.165. The van der Waals surface area contributed by atoms with E-state index in [-0.39, 0.29) is 0 Å². The second-order valence-electron chi connectivity index (χ2n) is 15.0. The molecule has 0 nitrogen and oxygen atoms in total. The maximum absolute atomic E-state index is 3.90. The van der Waals surface area contributed by atoms with E-state index in [4.69, 9.17) is 0 Å². The molecule has 0 amide bonds. The van der Waals surface area contributed by atoms with E-state index in [1.54, 1.807) is 0 Å². The lowest BCUT2D eigenvalue weighted by Crippen LogP contribution is -2.30. The van der Waals surface area contributed by atoms with Gasteiger partial charge in [-0.1, -0.05) is 119 Å². The minimum atomic E-state index is -0.489. The molecule has 4 aromatic heterocycles. The topological polar surface area (TPSA) is 0 Å². The summed E-state index contributed by atoms with van der Waals surface area (Å²) in [6, 6.07) is 47.5. The van der Waals surface area contributed by atoms with Crippen molar-refractivity contribution in [2.24, 2.45) is 0 Å². The molecule has 262 valence electrons. The second kappa shape index (κ2) is 11.9. The molecule has 0 aliphatic heterocycles. The van der Waals surface area contributed by atoms with Gasteiger partial charge in [0.25, 0.3) is 0 Å². The van der Waals surface area contributed by atoms with Gasteiger partial charge < -0.3 is 0 Å². The number of aryl methyl sites for hydroxylation is 4. The minimum Gasteiger partial charge on any atom is -0.124 e. The summed E-state index contributed by atoms with van der Waals surface area (Å²) in [7, 11) is 0. The summed E-state index contributed by atoms with van der Waals surface area (Å²) in [6.45, 7) is 8.78. The first-order chi connectivity index (χ1) is 26.2. The summed E-state index contributed by atoms with van der Waals surface area (Å²) in [4.78, 5) is 2.78. The van der Waals surface area contributed by atoms with Crippen molar-refractivity contribution >= 4 is 96.0 Å². The average molecular weight is 897 g/mol. The molecule has 2 aliphatic carbocycles. The Kier molecular flexibility index (Phi) is 7.45. The molecule has 5 aromatic carbocycles. The summed E-state index contributed by atoms with van der Waals surface area (Å²) in [5.74, 6) is 0. The van der Waals surface area contributed by atoms with Crippen molar-refractivity contribution in [1.82, 2.24) is 0 Å². The highest BCUT2D eigenvalue weighted by molar-refractivity contribution is 9.11. The van der Waals surface area contributed by atoms with Crippen LogP contribution in [0.5, 0.6) is 0 Å². The number of halogens is 2. The van der Waals surface area contributed by atoms with Gasteiger partial charge >= 0.3 is 0 Å². The molecule has 0 unspecified atom stereocenters. The first kappa shape index (κ1) is 33.7. The van der Waals surface area contributed by atoms with Crippen LogP contribution in [0.2, 0.25) is 0 Å². The van der Waals surface area contributed by atoms with Gasteiger partial charge in [0.15, 0.2) is 0 Å². The molecule has 0 saturated carbocycles. The molecule has 9 aromatic rings. The predicted octanol–water partition coefficient (Wildman–Crippen LogP) is 15.7. The lowest BCUT2D eigenvalue weighted by Gasteiger charge is -2.36. The fraction of sp³-hybridized carbons (Fsp3) is 0.125. The molecule has 0 fully saturated rings. The van der Waals surface area contributed by atoms with Crippen molar-refractivity contribution in [2.75, 3.05) is 0 Å².